The van der Waals surface area contributed by atoms with Crippen LogP contribution in [0.5, 0.6) is 0 Å². The standard InChI is InChI=1S/C43H29NO.C7H11N.C7H8/c44-28-33-21-22-38(37-24-34(29-13-5-1-6-14-29)23-35(25-37)30-15-7-2-8-16-30)43-41(33)40-27-36(31-17-9-3-10-18-31)26-39(42(40)45-43)32-19-11-4-12-20-32;8-6-7-4-2-1-3-5-7;1-7-5-3-2-4-6-7/h1-28,44H;1-2,4H,3,5-6,8H2;2-6H,1H3. The minimum atomic E-state index is 0.727. The molecule has 0 atom stereocenters. The van der Waals surface area contributed by atoms with Crippen molar-refractivity contribution in [2.45, 2.75) is 19.8 Å². The summed E-state index contributed by atoms with van der Waals surface area (Å²) >= 11 is 0. The molecule has 0 bridgehead atoms. The lowest BCUT2D eigenvalue weighted by Crippen LogP contribution is -2.03. The third-order valence-corrected chi connectivity index (χ3v) is 10.9. The molecule has 1 aromatic heterocycles. The molecule has 3 heteroatoms. The Bertz CT molecular complexity index is 2840. The fourth-order valence-corrected chi connectivity index (χ4v) is 7.72. The van der Waals surface area contributed by atoms with Crippen LogP contribution in [0.1, 0.15) is 24.0 Å². The molecule has 1 heterocycles. The Kier molecular flexibility index (Phi) is 12.5. The van der Waals surface area contributed by atoms with Gasteiger partial charge in [0.15, 0.2) is 0 Å². The summed E-state index contributed by atoms with van der Waals surface area (Å²) in [6, 6.07) is 67.5. The summed E-state index contributed by atoms with van der Waals surface area (Å²) < 4.78 is 6.94. The van der Waals surface area contributed by atoms with E-state index >= 15 is 0 Å². The van der Waals surface area contributed by atoms with Crippen molar-refractivity contribution in [2.75, 3.05) is 6.54 Å². The molecule has 1 aliphatic carbocycles. The Labute approximate surface area is 353 Å². The van der Waals surface area contributed by atoms with E-state index in [0.29, 0.717) is 0 Å². The number of fused-ring (bicyclic) bond motifs is 3. The molecule has 1 aliphatic rings. The number of allylic oxidation sites excluding steroid dienone is 3. The molecule has 0 radical (unpaired) electrons. The summed E-state index contributed by atoms with van der Waals surface area (Å²) in [7, 11) is 0. The van der Waals surface area contributed by atoms with Crippen LogP contribution in [-0.2, 0) is 0 Å². The molecular formula is C57H48N2O. The van der Waals surface area contributed by atoms with Crippen molar-refractivity contribution in [3.63, 3.8) is 0 Å². The highest BCUT2D eigenvalue weighted by molar-refractivity contribution is 6.19. The quantitative estimate of drug-likeness (QED) is 0.158. The first-order valence-corrected chi connectivity index (χ1v) is 20.6. The lowest BCUT2D eigenvalue weighted by molar-refractivity contribution is 0.671. The zero-order chi connectivity index (χ0) is 41.1. The number of rotatable bonds is 7. The SMILES string of the molecule is Cc1ccccc1.N=Cc1ccc(-c2cc(-c3ccccc3)cc(-c3ccccc3)c2)c2oc3c(-c4ccccc4)cc(-c4ccccc4)cc3c12.NCC1=CC=CCC1. The molecule has 60 heavy (non-hydrogen) atoms. The highest BCUT2D eigenvalue weighted by Crippen LogP contribution is 2.44. The molecule has 10 rings (SSSR count). The van der Waals surface area contributed by atoms with Crippen LogP contribution in [0.4, 0.5) is 0 Å². The predicted molar refractivity (Wildman–Crippen MR) is 255 cm³/mol. The predicted octanol–water partition coefficient (Wildman–Crippen LogP) is 15.1. The van der Waals surface area contributed by atoms with Crippen LogP contribution >= 0.6 is 0 Å². The number of benzene rings is 8. The molecule has 8 aromatic carbocycles. The molecule has 0 aliphatic heterocycles. The van der Waals surface area contributed by atoms with Crippen molar-refractivity contribution >= 4 is 28.2 Å². The molecule has 0 fully saturated rings. The van der Waals surface area contributed by atoms with Crippen LogP contribution in [0.2, 0.25) is 0 Å². The van der Waals surface area contributed by atoms with Crippen LogP contribution in [0.3, 0.4) is 0 Å². The van der Waals surface area contributed by atoms with E-state index < -0.39 is 0 Å². The summed E-state index contributed by atoms with van der Waals surface area (Å²) in [6.07, 6.45) is 10.1. The van der Waals surface area contributed by atoms with Crippen LogP contribution in [0.15, 0.2) is 222 Å². The molecular weight excluding hydrogens is 729 g/mol. The Morgan fingerprint density at radius 1 is 0.517 bits per heavy atom. The zero-order valence-electron chi connectivity index (χ0n) is 33.9. The molecule has 0 unspecified atom stereocenters. The maximum Gasteiger partial charge on any atom is 0.143 e. The number of furan rings is 1. The fourth-order valence-electron chi connectivity index (χ4n) is 7.72. The molecule has 292 valence electrons. The first-order valence-electron chi connectivity index (χ1n) is 20.6. The van der Waals surface area contributed by atoms with E-state index in [4.69, 9.17) is 15.6 Å². The van der Waals surface area contributed by atoms with Crippen molar-refractivity contribution in [3.05, 3.63) is 229 Å². The smallest absolute Gasteiger partial charge is 0.143 e. The zero-order valence-corrected chi connectivity index (χ0v) is 33.9. The van der Waals surface area contributed by atoms with E-state index in [-0.39, 0.29) is 0 Å². The van der Waals surface area contributed by atoms with Gasteiger partial charge in [-0.05, 0) is 101 Å². The van der Waals surface area contributed by atoms with E-state index in [9.17, 15) is 0 Å². The monoisotopic (exact) mass is 776 g/mol. The van der Waals surface area contributed by atoms with Crippen LogP contribution in [-0.4, -0.2) is 12.8 Å². The molecule has 3 N–H and O–H groups in total. The second-order valence-corrected chi connectivity index (χ2v) is 15.0. The van der Waals surface area contributed by atoms with E-state index in [1.165, 1.54) is 23.8 Å². The van der Waals surface area contributed by atoms with Crippen molar-refractivity contribution < 1.29 is 4.42 Å². The number of aryl methyl sites for hydroxylation is 1. The summed E-state index contributed by atoms with van der Waals surface area (Å²) in [5.74, 6) is 0. The van der Waals surface area contributed by atoms with Gasteiger partial charge >= 0.3 is 0 Å². The largest absolute Gasteiger partial charge is 0.455 e. The van der Waals surface area contributed by atoms with Gasteiger partial charge in [-0.15, -0.1) is 0 Å². The molecule has 0 saturated carbocycles. The molecule has 0 amide bonds. The van der Waals surface area contributed by atoms with E-state index in [0.717, 1.165) is 96.1 Å². The highest BCUT2D eigenvalue weighted by Gasteiger charge is 2.21. The topological polar surface area (TPSA) is 63.0 Å². The highest BCUT2D eigenvalue weighted by atomic mass is 16.3. The van der Waals surface area contributed by atoms with Gasteiger partial charge in [-0.3, -0.25) is 0 Å². The number of nitrogens with two attached hydrogens (primary N) is 1. The Balaban J connectivity index is 0.000000279. The van der Waals surface area contributed by atoms with Gasteiger partial charge in [-0.1, -0.05) is 187 Å². The number of hydrogen-bond acceptors (Lipinski definition) is 3. The first-order chi connectivity index (χ1) is 29.6. The van der Waals surface area contributed by atoms with Gasteiger partial charge in [-0.25, -0.2) is 0 Å². The summed E-state index contributed by atoms with van der Waals surface area (Å²) in [5, 5.41) is 10.3. The normalized spacial score (nSPS) is 11.9. The van der Waals surface area contributed by atoms with Crippen LogP contribution in [0, 0.1) is 12.3 Å². The van der Waals surface area contributed by atoms with Gasteiger partial charge in [0, 0.05) is 40.2 Å². The summed E-state index contributed by atoms with van der Waals surface area (Å²) in [6.45, 7) is 2.81. The van der Waals surface area contributed by atoms with Crippen LogP contribution < -0.4 is 5.73 Å². The van der Waals surface area contributed by atoms with Crippen molar-refractivity contribution in [2.24, 2.45) is 5.73 Å². The minimum Gasteiger partial charge on any atom is -0.455 e. The van der Waals surface area contributed by atoms with Gasteiger partial charge in [0.05, 0.1) is 0 Å². The summed E-state index contributed by atoms with van der Waals surface area (Å²) in [5.41, 5.74) is 21.6. The van der Waals surface area contributed by atoms with Crippen molar-refractivity contribution in [1.82, 2.24) is 0 Å². The second-order valence-electron chi connectivity index (χ2n) is 15.0. The Morgan fingerprint density at radius 3 is 1.47 bits per heavy atom. The minimum absolute atomic E-state index is 0.727. The van der Waals surface area contributed by atoms with E-state index in [2.05, 4.69) is 171 Å². The second kappa shape index (κ2) is 18.9. The Hall–Kier alpha value is -7.33. The van der Waals surface area contributed by atoms with Gasteiger partial charge < -0.3 is 15.6 Å². The molecule has 0 saturated heterocycles. The van der Waals surface area contributed by atoms with E-state index in [1.54, 1.807) is 0 Å². The lowest BCUT2D eigenvalue weighted by atomic mass is 9.91. The van der Waals surface area contributed by atoms with Crippen molar-refractivity contribution in [3.8, 4) is 55.6 Å². The van der Waals surface area contributed by atoms with Gasteiger partial charge in [0.2, 0.25) is 0 Å². The fraction of sp³-hybridized carbons (Fsp3) is 0.0702. The van der Waals surface area contributed by atoms with Crippen molar-refractivity contribution in [1.29, 1.82) is 5.41 Å². The molecule has 9 aromatic rings. The Morgan fingerprint density at radius 2 is 1.02 bits per heavy atom. The molecule has 3 nitrogen and oxygen atoms in total. The number of hydrogen-bond donors (Lipinski definition) is 2. The third kappa shape index (κ3) is 9.03. The maximum atomic E-state index is 8.38. The summed E-state index contributed by atoms with van der Waals surface area (Å²) in [4.78, 5) is 0. The van der Waals surface area contributed by atoms with Gasteiger partial charge in [-0.2, -0.15) is 0 Å². The van der Waals surface area contributed by atoms with Gasteiger partial charge in [0.25, 0.3) is 0 Å². The average molecular weight is 777 g/mol. The number of nitrogens with one attached hydrogen (secondary N) is 1. The molecule has 0 spiro atoms. The van der Waals surface area contributed by atoms with Crippen LogP contribution in [0.25, 0.3) is 77.6 Å². The maximum absolute atomic E-state index is 8.38. The lowest BCUT2D eigenvalue weighted by Gasteiger charge is -2.12. The van der Waals surface area contributed by atoms with Gasteiger partial charge in [0.1, 0.15) is 11.2 Å². The first kappa shape index (κ1) is 39.5. The third-order valence-electron chi connectivity index (χ3n) is 10.9. The van der Waals surface area contributed by atoms with E-state index in [1.807, 2.05) is 48.5 Å². The average Bonchev–Trinajstić information content (AvgIpc) is 3.73.